The predicted molar refractivity (Wildman–Crippen MR) is 92.6 cm³/mol. The number of hydrogen-bond donors (Lipinski definition) is 1. The third-order valence-corrected chi connectivity index (χ3v) is 5.15. The molecule has 2 fully saturated rings. The van der Waals surface area contributed by atoms with Crippen molar-refractivity contribution in [1.82, 2.24) is 15.1 Å². The number of nitrogens with zero attached hydrogens (tertiary/aromatic N) is 2. The standard InChI is InChI=1S/C19H22FN3O3/c1-13-15(12-21-23(13)17-7-3-2-6-16(17)20)18(24)22-14-5-4-8-19(11-14)25-9-10-26-19/h2-3,6-7,12,14H,4-5,8-11H2,1H3,(H,22,24)/t14-/m0/s1. The van der Waals surface area contributed by atoms with Crippen LogP contribution in [0.25, 0.3) is 5.69 Å². The second-order valence-corrected chi connectivity index (χ2v) is 6.88. The van der Waals surface area contributed by atoms with Crippen LogP contribution in [0.4, 0.5) is 4.39 Å². The fourth-order valence-electron chi connectivity index (χ4n) is 3.84. The Labute approximate surface area is 151 Å². The Kier molecular flexibility index (Phi) is 4.50. The maximum absolute atomic E-state index is 14.0. The number of carbonyl (C=O) groups excluding carboxylic acids is 1. The molecule has 0 unspecified atom stereocenters. The van der Waals surface area contributed by atoms with Gasteiger partial charge in [0.1, 0.15) is 11.5 Å². The van der Waals surface area contributed by atoms with E-state index in [1.807, 2.05) is 0 Å². The van der Waals surface area contributed by atoms with Gasteiger partial charge in [0.05, 0.1) is 30.7 Å². The lowest BCUT2D eigenvalue weighted by Crippen LogP contribution is -2.46. The maximum Gasteiger partial charge on any atom is 0.254 e. The molecular formula is C19H22FN3O3. The molecule has 1 aliphatic heterocycles. The van der Waals surface area contributed by atoms with Crippen molar-refractivity contribution in [3.63, 3.8) is 0 Å². The molecule has 2 aliphatic rings. The molecule has 26 heavy (non-hydrogen) atoms. The zero-order valence-electron chi connectivity index (χ0n) is 14.7. The summed E-state index contributed by atoms with van der Waals surface area (Å²) in [6, 6.07) is 6.36. The monoisotopic (exact) mass is 359 g/mol. The minimum Gasteiger partial charge on any atom is -0.349 e. The summed E-state index contributed by atoms with van der Waals surface area (Å²) in [6.07, 6.45) is 4.83. The number of amides is 1. The highest BCUT2D eigenvalue weighted by molar-refractivity contribution is 5.95. The van der Waals surface area contributed by atoms with Crippen molar-refractivity contribution in [2.24, 2.45) is 0 Å². The van der Waals surface area contributed by atoms with Crippen LogP contribution in [0.2, 0.25) is 0 Å². The third-order valence-electron chi connectivity index (χ3n) is 5.15. The van der Waals surface area contributed by atoms with E-state index in [9.17, 15) is 9.18 Å². The van der Waals surface area contributed by atoms with E-state index in [1.165, 1.54) is 16.9 Å². The molecule has 7 heteroatoms. The lowest BCUT2D eigenvalue weighted by Gasteiger charge is -2.36. The minimum atomic E-state index is -0.539. The molecule has 2 heterocycles. The number of ether oxygens (including phenoxy) is 2. The molecule has 0 bridgehead atoms. The number of halogens is 1. The first kappa shape index (κ1) is 17.2. The minimum absolute atomic E-state index is 0.00874. The number of carbonyl (C=O) groups is 1. The highest BCUT2D eigenvalue weighted by atomic mass is 19.1. The van der Waals surface area contributed by atoms with E-state index in [4.69, 9.17) is 9.47 Å². The summed E-state index contributed by atoms with van der Waals surface area (Å²) in [4.78, 5) is 12.7. The Morgan fingerprint density at radius 1 is 1.35 bits per heavy atom. The Balaban J connectivity index is 1.50. The molecule has 1 aromatic carbocycles. The van der Waals surface area contributed by atoms with Gasteiger partial charge in [0.2, 0.25) is 0 Å². The summed E-state index contributed by atoms with van der Waals surface area (Å²) >= 11 is 0. The predicted octanol–water partition coefficient (Wildman–Crippen LogP) is 2.74. The first-order valence-electron chi connectivity index (χ1n) is 8.96. The van der Waals surface area contributed by atoms with Crippen molar-refractivity contribution in [2.75, 3.05) is 13.2 Å². The van der Waals surface area contributed by atoms with Gasteiger partial charge in [-0.05, 0) is 31.9 Å². The number of nitrogens with one attached hydrogen (secondary N) is 1. The molecular weight excluding hydrogens is 337 g/mol. The molecule has 138 valence electrons. The van der Waals surface area contributed by atoms with E-state index in [1.54, 1.807) is 25.1 Å². The van der Waals surface area contributed by atoms with E-state index < -0.39 is 5.79 Å². The van der Waals surface area contributed by atoms with Crippen molar-refractivity contribution in [1.29, 1.82) is 0 Å². The van der Waals surface area contributed by atoms with Crippen LogP contribution in [-0.2, 0) is 9.47 Å². The first-order valence-corrected chi connectivity index (χ1v) is 8.96. The SMILES string of the molecule is Cc1c(C(=O)N[C@H]2CCCC3(C2)OCCO3)cnn1-c1ccccc1F. The van der Waals surface area contributed by atoms with Gasteiger partial charge in [0, 0.05) is 18.9 Å². The van der Waals surface area contributed by atoms with Gasteiger partial charge in [0.15, 0.2) is 5.79 Å². The fourth-order valence-corrected chi connectivity index (χ4v) is 3.84. The molecule has 0 radical (unpaired) electrons. The van der Waals surface area contributed by atoms with Gasteiger partial charge in [-0.25, -0.2) is 9.07 Å². The largest absolute Gasteiger partial charge is 0.349 e. The quantitative estimate of drug-likeness (QED) is 0.915. The molecule has 1 spiro atoms. The van der Waals surface area contributed by atoms with Gasteiger partial charge in [-0.1, -0.05) is 12.1 Å². The Hall–Kier alpha value is -2.25. The zero-order valence-corrected chi connectivity index (χ0v) is 14.7. The smallest absolute Gasteiger partial charge is 0.254 e. The van der Waals surface area contributed by atoms with E-state index in [-0.39, 0.29) is 17.8 Å². The highest BCUT2D eigenvalue weighted by Crippen LogP contribution is 2.35. The van der Waals surface area contributed by atoms with E-state index in [0.717, 1.165) is 19.3 Å². The van der Waals surface area contributed by atoms with Crippen LogP contribution in [0, 0.1) is 12.7 Å². The van der Waals surface area contributed by atoms with Crippen LogP contribution < -0.4 is 5.32 Å². The lowest BCUT2D eigenvalue weighted by molar-refractivity contribution is -0.181. The van der Waals surface area contributed by atoms with Crippen LogP contribution in [0.15, 0.2) is 30.5 Å². The lowest BCUT2D eigenvalue weighted by atomic mass is 9.89. The molecule has 2 aromatic rings. The summed E-state index contributed by atoms with van der Waals surface area (Å²) in [5.74, 6) is -1.12. The zero-order chi connectivity index (χ0) is 18.1. The molecule has 1 amide bonds. The van der Waals surface area contributed by atoms with E-state index >= 15 is 0 Å². The van der Waals surface area contributed by atoms with Crippen molar-refractivity contribution < 1.29 is 18.7 Å². The average molecular weight is 359 g/mol. The molecule has 6 nitrogen and oxygen atoms in total. The van der Waals surface area contributed by atoms with Crippen LogP contribution in [-0.4, -0.2) is 40.7 Å². The molecule has 1 N–H and O–H groups in total. The van der Waals surface area contributed by atoms with Crippen LogP contribution in [0.3, 0.4) is 0 Å². The summed E-state index contributed by atoms with van der Waals surface area (Å²) in [5, 5.41) is 7.26. The Morgan fingerprint density at radius 3 is 2.88 bits per heavy atom. The van der Waals surface area contributed by atoms with Crippen molar-refractivity contribution >= 4 is 5.91 Å². The number of rotatable bonds is 3. The topological polar surface area (TPSA) is 65.4 Å². The highest BCUT2D eigenvalue weighted by Gasteiger charge is 2.41. The third kappa shape index (κ3) is 3.12. The Bertz CT molecular complexity index is 814. The molecule has 4 rings (SSSR count). The molecule has 1 aromatic heterocycles. The van der Waals surface area contributed by atoms with Crippen LogP contribution in [0.5, 0.6) is 0 Å². The number of aromatic nitrogens is 2. The molecule has 1 saturated heterocycles. The molecule has 1 saturated carbocycles. The Morgan fingerprint density at radius 2 is 2.12 bits per heavy atom. The molecule has 1 aliphatic carbocycles. The fraction of sp³-hybridized carbons (Fsp3) is 0.474. The number of para-hydroxylation sites is 1. The number of hydrogen-bond acceptors (Lipinski definition) is 4. The second-order valence-electron chi connectivity index (χ2n) is 6.88. The van der Waals surface area contributed by atoms with E-state index in [2.05, 4.69) is 10.4 Å². The van der Waals surface area contributed by atoms with Gasteiger partial charge in [-0.15, -0.1) is 0 Å². The molecule has 1 atom stereocenters. The van der Waals surface area contributed by atoms with Gasteiger partial charge >= 0.3 is 0 Å². The van der Waals surface area contributed by atoms with Crippen LogP contribution >= 0.6 is 0 Å². The van der Waals surface area contributed by atoms with Gasteiger partial charge in [-0.2, -0.15) is 5.10 Å². The first-order chi connectivity index (χ1) is 12.6. The van der Waals surface area contributed by atoms with Crippen molar-refractivity contribution in [3.05, 3.63) is 47.5 Å². The van der Waals surface area contributed by atoms with Crippen molar-refractivity contribution in [3.8, 4) is 5.69 Å². The summed E-state index contributed by atoms with van der Waals surface area (Å²) in [5.41, 5.74) is 1.38. The second kappa shape index (κ2) is 6.81. The maximum atomic E-state index is 14.0. The van der Waals surface area contributed by atoms with Gasteiger partial charge in [0.25, 0.3) is 5.91 Å². The summed E-state index contributed by atoms with van der Waals surface area (Å²) in [7, 11) is 0. The van der Waals surface area contributed by atoms with E-state index in [0.29, 0.717) is 36.6 Å². The summed E-state index contributed by atoms with van der Waals surface area (Å²) < 4.78 is 27.0. The van der Waals surface area contributed by atoms with Crippen molar-refractivity contribution in [2.45, 2.75) is 44.4 Å². The summed E-state index contributed by atoms with van der Waals surface area (Å²) in [6.45, 7) is 2.98. The number of benzene rings is 1. The van der Waals surface area contributed by atoms with Gasteiger partial charge < -0.3 is 14.8 Å². The van der Waals surface area contributed by atoms with Gasteiger partial charge in [-0.3, -0.25) is 4.79 Å². The average Bonchev–Trinajstić information content (AvgIpc) is 3.22. The normalized spacial score (nSPS) is 21.8. The van der Waals surface area contributed by atoms with Crippen LogP contribution in [0.1, 0.15) is 41.7 Å².